The summed E-state index contributed by atoms with van der Waals surface area (Å²) in [5.74, 6) is 1.04. The van der Waals surface area contributed by atoms with Crippen LogP contribution in [0.2, 0.25) is 0 Å². The van der Waals surface area contributed by atoms with E-state index in [2.05, 4.69) is 22.5 Å². The van der Waals surface area contributed by atoms with Crippen LogP contribution in [0.25, 0.3) is 11.0 Å². The number of fused-ring (bicyclic) bond motifs is 1. The van der Waals surface area contributed by atoms with Crippen molar-refractivity contribution in [3.63, 3.8) is 0 Å². The molecule has 21 heavy (non-hydrogen) atoms. The third kappa shape index (κ3) is 2.59. The van der Waals surface area contributed by atoms with Crippen LogP contribution in [0, 0.1) is 6.92 Å². The van der Waals surface area contributed by atoms with Crippen molar-refractivity contribution in [2.45, 2.75) is 38.9 Å². The molecule has 0 spiro atoms. The van der Waals surface area contributed by atoms with Gasteiger partial charge in [0.1, 0.15) is 11.3 Å². The second-order valence-corrected chi connectivity index (χ2v) is 5.81. The molecule has 0 amide bonds. The van der Waals surface area contributed by atoms with E-state index in [0.717, 1.165) is 30.1 Å². The molecule has 2 aromatic heterocycles. The monoisotopic (exact) mass is 281 g/mol. The number of nitrogens with zero attached hydrogens (tertiary/aromatic N) is 2. The van der Waals surface area contributed by atoms with Crippen LogP contribution >= 0.6 is 0 Å². The molecule has 4 nitrogen and oxygen atoms in total. The number of hydrogen-bond acceptors (Lipinski definition) is 3. The lowest BCUT2D eigenvalue weighted by atomic mass is 10.1. The maximum Gasteiger partial charge on any atom is 0.134 e. The molecule has 0 radical (unpaired) electrons. The van der Waals surface area contributed by atoms with Crippen LogP contribution in [0.5, 0.6) is 0 Å². The van der Waals surface area contributed by atoms with E-state index in [-0.39, 0.29) is 0 Å². The Morgan fingerprint density at radius 1 is 1.29 bits per heavy atom. The van der Waals surface area contributed by atoms with Crippen molar-refractivity contribution in [2.24, 2.45) is 0 Å². The van der Waals surface area contributed by atoms with Crippen molar-refractivity contribution in [1.29, 1.82) is 0 Å². The van der Waals surface area contributed by atoms with Gasteiger partial charge in [-0.25, -0.2) is 0 Å². The normalized spacial score (nSPS) is 14.9. The zero-order valence-electron chi connectivity index (χ0n) is 12.2. The summed E-state index contributed by atoms with van der Waals surface area (Å²) in [6, 6.07) is 11.0. The molecule has 0 saturated heterocycles. The van der Waals surface area contributed by atoms with Gasteiger partial charge in [-0.1, -0.05) is 18.2 Å². The predicted molar refractivity (Wildman–Crippen MR) is 82.1 cm³/mol. The van der Waals surface area contributed by atoms with Crippen LogP contribution in [0.3, 0.4) is 0 Å². The summed E-state index contributed by atoms with van der Waals surface area (Å²) in [6.45, 7) is 3.57. The number of furan rings is 1. The van der Waals surface area contributed by atoms with Crippen LogP contribution in [0.1, 0.15) is 29.9 Å². The van der Waals surface area contributed by atoms with Gasteiger partial charge in [0.05, 0.1) is 18.8 Å². The summed E-state index contributed by atoms with van der Waals surface area (Å²) >= 11 is 0. The van der Waals surface area contributed by atoms with Crippen LogP contribution in [0.4, 0.5) is 0 Å². The summed E-state index contributed by atoms with van der Waals surface area (Å²) in [5.41, 5.74) is 3.24. The summed E-state index contributed by atoms with van der Waals surface area (Å²) in [7, 11) is 0. The fourth-order valence-electron chi connectivity index (χ4n) is 2.70. The van der Waals surface area contributed by atoms with Crippen LogP contribution in [0.15, 0.2) is 40.9 Å². The molecular weight excluding hydrogens is 262 g/mol. The first-order valence-electron chi connectivity index (χ1n) is 7.52. The third-order valence-corrected chi connectivity index (χ3v) is 4.00. The maximum atomic E-state index is 6.05. The fraction of sp³-hybridized carbons (Fsp3) is 0.353. The molecule has 0 bridgehead atoms. The van der Waals surface area contributed by atoms with Gasteiger partial charge in [0.25, 0.3) is 0 Å². The molecule has 1 aromatic carbocycles. The molecule has 3 aromatic rings. The van der Waals surface area contributed by atoms with Crippen molar-refractivity contribution in [1.82, 2.24) is 15.1 Å². The molecule has 0 aliphatic heterocycles. The quantitative estimate of drug-likeness (QED) is 0.780. The highest BCUT2D eigenvalue weighted by Crippen LogP contribution is 2.28. The molecule has 1 N–H and O–H groups in total. The Labute approximate surface area is 123 Å². The van der Waals surface area contributed by atoms with Crippen molar-refractivity contribution in [3.8, 4) is 0 Å². The number of nitrogens with one attached hydrogen (secondary N) is 1. The van der Waals surface area contributed by atoms with Crippen molar-refractivity contribution in [3.05, 3.63) is 53.5 Å². The minimum absolute atomic E-state index is 0.679. The Kier molecular flexibility index (Phi) is 3.04. The van der Waals surface area contributed by atoms with Crippen molar-refractivity contribution >= 4 is 11.0 Å². The van der Waals surface area contributed by atoms with Gasteiger partial charge in [0.15, 0.2) is 0 Å². The molecule has 0 atom stereocenters. The highest BCUT2D eigenvalue weighted by atomic mass is 16.3. The van der Waals surface area contributed by atoms with E-state index in [0.29, 0.717) is 6.04 Å². The van der Waals surface area contributed by atoms with E-state index in [1.54, 1.807) is 0 Å². The minimum Gasteiger partial charge on any atom is -0.459 e. The Morgan fingerprint density at radius 3 is 2.90 bits per heavy atom. The minimum atomic E-state index is 0.679. The number of para-hydroxylation sites is 1. The number of hydrogen-bond donors (Lipinski definition) is 1. The van der Waals surface area contributed by atoms with Gasteiger partial charge in [-0.05, 0) is 31.9 Å². The first-order chi connectivity index (χ1) is 10.3. The predicted octanol–water partition coefficient (Wildman–Crippen LogP) is 3.24. The zero-order chi connectivity index (χ0) is 14.2. The molecule has 4 heteroatoms. The van der Waals surface area contributed by atoms with Gasteiger partial charge in [0.2, 0.25) is 0 Å². The van der Waals surface area contributed by atoms with Gasteiger partial charge in [0, 0.05) is 23.2 Å². The van der Waals surface area contributed by atoms with Gasteiger partial charge in [-0.15, -0.1) is 0 Å². The largest absolute Gasteiger partial charge is 0.459 e. The van der Waals surface area contributed by atoms with Gasteiger partial charge >= 0.3 is 0 Å². The number of aromatic nitrogens is 2. The Morgan fingerprint density at radius 2 is 2.14 bits per heavy atom. The van der Waals surface area contributed by atoms with Crippen LogP contribution in [-0.2, 0) is 13.1 Å². The summed E-state index contributed by atoms with van der Waals surface area (Å²) in [4.78, 5) is 0. The summed E-state index contributed by atoms with van der Waals surface area (Å²) in [5, 5.41) is 9.23. The van der Waals surface area contributed by atoms with E-state index < -0.39 is 0 Å². The third-order valence-electron chi connectivity index (χ3n) is 4.00. The summed E-state index contributed by atoms with van der Waals surface area (Å²) in [6.07, 6.45) is 4.59. The molecule has 2 heterocycles. The Balaban J connectivity index is 1.70. The number of aryl methyl sites for hydroxylation is 1. The van der Waals surface area contributed by atoms with E-state index in [9.17, 15) is 0 Å². The van der Waals surface area contributed by atoms with E-state index >= 15 is 0 Å². The highest BCUT2D eigenvalue weighted by molar-refractivity contribution is 5.82. The number of rotatable bonds is 5. The van der Waals surface area contributed by atoms with Crippen molar-refractivity contribution in [2.75, 3.05) is 0 Å². The average molecular weight is 281 g/mol. The molecule has 1 fully saturated rings. The SMILES string of the molecule is Cc1ccn(Cc2c(CNC3CC3)oc3ccccc23)n1. The lowest BCUT2D eigenvalue weighted by Crippen LogP contribution is -2.16. The lowest BCUT2D eigenvalue weighted by Gasteiger charge is -2.05. The molecule has 108 valence electrons. The lowest BCUT2D eigenvalue weighted by molar-refractivity contribution is 0.501. The molecule has 1 saturated carbocycles. The summed E-state index contributed by atoms with van der Waals surface area (Å²) < 4.78 is 8.03. The smallest absolute Gasteiger partial charge is 0.134 e. The molecule has 0 unspecified atom stereocenters. The molecular formula is C17H19N3O. The van der Waals surface area contributed by atoms with E-state index in [1.165, 1.54) is 23.8 Å². The highest BCUT2D eigenvalue weighted by Gasteiger charge is 2.22. The standard InChI is InChI=1S/C17H19N3O/c1-12-8-9-20(19-12)11-15-14-4-2-3-5-16(14)21-17(15)10-18-13-6-7-13/h2-5,8-9,13,18H,6-7,10-11H2,1H3. The van der Waals surface area contributed by atoms with E-state index in [1.807, 2.05) is 36.0 Å². The molecule has 1 aliphatic rings. The van der Waals surface area contributed by atoms with Crippen LogP contribution < -0.4 is 5.32 Å². The second-order valence-electron chi connectivity index (χ2n) is 5.81. The van der Waals surface area contributed by atoms with Gasteiger partial charge in [-0.3, -0.25) is 4.68 Å². The maximum absolute atomic E-state index is 6.05. The number of benzene rings is 1. The fourth-order valence-corrected chi connectivity index (χ4v) is 2.70. The van der Waals surface area contributed by atoms with Crippen molar-refractivity contribution < 1.29 is 4.42 Å². The first kappa shape index (κ1) is 12.7. The average Bonchev–Trinajstić information content (AvgIpc) is 3.14. The van der Waals surface area contributed by atoms with Crippen LogP contribution in [-0.4, -0.2) is 15.8 Å². The van der Waals surface area contributed by atoms with Gasteiger partial charge in [-0.2, -0.15) is 5.10 Å². The molecule has 4 rings (SSSR count). The topological polar surface area (TPSA) is 43.0 Å². The zero-order valence-corrected chi connectivity index (χ0v) is 12.2. The van der Waals surface area contributed by atoms with Gasteiger partial charge < -0.3 is 9.73 Å². The molecule has 1 aliphatic carbocycles. The van der Waals surface area contributed by atoms with E-state index in [4.69, 9.17) is 4.42 Å². The second kappa shape index (κ2) is 5.04. The first-order valence-corrected chi connectivity index (χ1v) is 7.52. The Hall–Kier alpha value is -2.07. The Bertz CT molecular complexity index is 767.